The van der Waals surface area contributed by atoms with Crippen LogP contribution in [0.5, 0.6) is 5.75 Å². The van der Waals surface area contributed by atoms with Crippen LogP contribution in [0.15, 0.2) is 23.2 Å². The summed E-state index contributed by atoms with van der Waals surface area (Å²) in [6.07, 6.45) is 2.38. The summed E-state index contributed by atoms with van der Waals surface area (Å²) in [6, 6.07) is 5.04. The van der Waals surface area contributed by atoms with Gasteiger partial charge in [-0.25, -0.2) is 4.39 Å². The number of halogens is 1. The van der Waals surface area contributed by atoms with Gasteiger partial charge in [-0.2, -0.15) is 0 Å². The maximum absolute atomic E-state index is 14.2. The van der Waals surface area contributed by atoms with E-state index in [0.29, 0.717) is 44.0 Å². The molecule has 2 N–H and O–H groups in total. The Morgan fingerprint density at radius 2 is 2.21 bits per heavy atom. The molecule has 1 aliphatic carbocycles. The molecule has 1 fully saturated rings. The minimum Gasteiger partial charge on any atom is -0.490 e. The average molecular weight is 337 g/mol. The van der Waals surface area contributed by atoms with Gasteiger partial charge in [0.25, 0.3) is 0 Å². The van der Waals surface area contributed by atoms with Crippen LogP contribution in [0, 0.1) is 11.7 Å². The van der Waals surface area contributed by atoms with Gasteiger partial charge in [0.2, 0.25) is 0 Å². The van der Waals surface area contributed by atoms with E-state index in [4.69, 9.17) is 9.47 Å². The molecular formula is C18H28FN3O2. The number of hydrogen-bond donors (Lipinski definition) is 2. The first-order chi connectivity index (χ1) is 11.6. The number of ether oxygens (including phenoxy) is 2. The summed E-state index contributed by atoms with van der Waals surface area (Å²) in [5.74, 6) is 1.28. The third kappa shape index (κ3) is 6.00. The second-order valence-corrected chi connectivity index (χ2v) is 6.01. The van der Waals surface area contributed by atoms with E-state index in [9.17, 15) is 4.39 Å². The Kier molecular flexibility index (Phi) is 7.31. The van der Waals surface area contributed by atoms with Crippen molar-refractivity contribution < 1.29 is 13.9 Å². The molecule has 6 heteroatoms. The lowest BCUT2D eigenvalue weighted by atomic mass is 10.1. The topological polar surface area (TPSA) is 54.9 Å². The Labute approximate surface area is 143 Å². The fourth-order valence-electron chi connectivity index (χ4n) is 2.26. The summed E-state index contributed by atoms with van der Waals surface area (Å²) >= 11 is 0. The van der Waals surface area contributed by atoms with E-state index in [1.165, 1.54) is 18.9 Å². The van der Waals surface area contributed by atoms with Gasteiger partial charge in [-0.1, -0.05) is 6.07 Å². The van der Waals surface area contributed by atoms with Gasteiger partial charge in [0, 0.05) is 20.2 Å². The van der Waals surface area contributed by atoms with E-state index in [1.54, 1.807) is 13.1 Å². The molecule has 0 saturated heterocycles. The lowest BCUT2D eigenvalue weighted by molar-refractivity contribution is 0.152. The van der Waals surface area contributed by atoms with Crippen LogP contribution in [0.25, 0.3) is 0 Å². The molecule has 0 radical (unpaired) electrons. The molecular weight excluding hydrogens is 309 g/mol. The standard InChI is InChI=1S/C18H28FN3O2/c1-4-23-10-9-21-18(20-3)22-13(2)15-7-8-17(16(19)11-15)24-12-14-5-6-14/h7-8,11,13-14H,4-6,9-10,12H2,1-3H3,(H2,20,21,22). The SMILES string of the molecule is CCOCCNC(=NC)NC(C)c1ccc(OCC2CC2)c(F)c1. The molecule has 0 amide bonds. The summed E-state index contributed by atoms with van der Waals surface area (Å²) in [5.41, 5.74) is 0.846. The number of guanidine groups is 1. The highest BCUT2D eigenvalue weighted by atomic mass is 19.1. The molecule has 0 heterocycles. The van der Waals surface area contributed by atoms with Gasteiger partial charge in [0.1, 0.15) is 0 Å². The maximum atomic E-state index is 14.2. The predicted molar refractivity (Wildman–Crippen MR) is 94.0 cm³/mol. The summed E-state index contributed by atoms with van der Waals surface area (Å²) in [7, 11) is 1.71. The summed E-state index contributed by atoms with van der Waals surface area (Å²) < 4.78 is 25.0. The number of benzene rings is 1. The van der Waals surface area contributed by atoms with E-state index in [-0.39, 0.29) is 11.9 Å². The van der Waals surface area contributed by atoms with E-state index in [2.05, 4.69) is 15.6 Å². The molecule has 134 valence electrons. The Morgan fingerprint density at radius 1 is 1.42 bits per heavy atom. The fourth-order valence-corrected chi connectivity index (χ4v) is 2.26. The highest BCUT2D eigenvalue weighted by Crippen LogP contribution is 2.30. The van der Waals surface area contributed by atoms with Crippen LogP contribution in [-0.4, -0.2) is 39.4 Å². The molecule has 1 aliphatic rings. The van der Waals surface area contributed by atoms with Gasteiger partial charge >= 0.3 is 0 Å². The van der Waals surface area contributed by atoms with Crippen molar-refractivity contribution in [1.29, 1.82) is 0 Å². The van der Waals surface area contributed by atoms with E-state index >= 15 is 0 Å². The van der Waals surface area contributed by atoms with Crippen molar-refractivity contribution >= 4 is 5.96 Å². The van der Waals surface area contributed by atoms with Crippen molar-refractivity contribution in [3.8, 4) is 5.75 Å². The molecule has 2 rings (SSSR count). The number of rotatable bonds is 9. The molecule has 1 aromatic carbocycles. The van der Waals surface area contributed by atoms with E-state index < -0.39 is 0 Å². The van der Waals surface area contributed by atoms with Crippen molar-refractivity contribution in [2.75, 3.05) is 33.4 Å². The Balaban J connectivity index is 1.85. The fraction of sp³-hybridized carbons (Fsp3) is 0.611. The van der Waals surface area contributed by atoms with E-state index in [1.807, 2.05) is 19.9 Å². The second kappa shape index (κ2) is 9.47. The molecule has 5 nitrogen and oxygen atoms in total. The van der Waals surface area contributed by atoms with Crippen molar-refractivity contribution in [3.63, 3.8) is 0 Å². The van der Waals surface area contributed by atoms with Crippen molar-refractivity contribution in [1.82, 2.24) is 10.6 Å². The molecule has 1 unspecified atom stereocenters. The minimum absolute atomic E-state index is 0.0738. The predicted octanol–water partition coefficient (Wildman–Crippen LogP) is 2.88. The summed E-state index contributed by atoms with van der Waals surface area (Å²) in [4.78, 5) is 4.17. The molecule has 1 aromatic rings. The monoisotopic (exact) mass is 337 g/mol. The van der Waals surface area contributed by atoms with Crippen LogP contribution >= 0.6 is 0 Å². The number of hydrogen-bond acceptors (Lipinski definition) is 3. The van der Waals surface area contributed by atoms with Crippen LogP contribution in [-0.2, 0) is 4.74 Å². The first kappa shape index (κ1) is 18.5. The van der Waals surface area contributed by atoms with Crippen LogP contribution < -0.4 is 15.4 Å². The van der Waals surface area contributed by atoms with Gasteiger partial charge < -0.3 is 20.1 Å². The highest BCUT2D eigenvalue weighted by Gasteiger charge is 2.22. The molecule has 1 saturated carbocycles. The first-order valence-corrected chi connectivity index (χ1v) is 8.61. The zero-order chi connectivity index (χ0) is 17.4. The number of nitrogens with one attached hydrogen (secondary N) is 2. The third-order valence-electron chi connectivity index (χ3n) is 3.95. The summed E-state index contributed by atoms with van der Waals surface area (Å²) in [6.45, 7) is 6.52. The zero-order valence-electron chi connectivity index (χ0n) is 14.8. The van der Waals surface area contributed by atoms with Crippen molar-refractivity contribution in [2.24, 2.45) is 10.9 Å². The van der Waals surface area contributed by atoms with Gasteiger partial charge in [0.05, 0.1) is 19.3 Å². The maximum Gasteiger partial charge on any atom is 0.191 e. The molecule has 0 aliphatic heterocycles. The Hall–Kier alpha value is -1.82. The normalized spacial score (nSPS) is 15.9. The average Bonchev–Trinajstić information content (AvgIpc) is 3.40. The smallest absolute Gasteiger partial charge is 0.191 e. The summed E-state index contributed by atoms with van der Waals surface area (Å²) in [5, 5.41) is 6.41. The Morgan fingerprint density at radius 3 is 2.83 bits per heavy atom. The van der Waals surface area contributed by atoms with Crippen molar-refractivity contribution in [2.45, 2.75) is 32.7 Å². The zero-order valence-corrected chi connectivity index (χ0v) is 14.8. The molecule has 0 spiro atoms. The van der Waals surface area contributed by atoms with Gasteiger partial charge in [0.15, 0.2) is 17.5 Å². The van der Waals surface area contributed by atoms with Gasteiger partial charge in [-0.15, -0.1) is 0 Å². The first-order valence-electron chi connectivity index (χ1n) is 8.61. The largest absolute Gasteiger partial charge is 0.490 e. The minimum atomic E-state index is -0.318. The number of nitrogens with zero attached hydrogens (tertiary/aromatic N) is 1. The van der Waals surface area contributed by atoms with Crippen LogP contribution in [0.2, 0.25) is 0 Å². The second-order valence-electron chi connectivity index (χ2n) is 6.01. The molecule has 24 heavy (non-hydrogen) atoms. The van der Waals surface area contributed by atoms with Gasteiger partial charge in [-0.3, -0.25) is 4.99 Å². The van der Waals surface area contributed by atoms with Crippen LogP contribution in [0.3, 0.4) is 0 Å². The van der Waals surface area contributed by atoms with E-state index in [0.717, 1.165) is 5.56 Å². The molecule has 0 aromatic heterocycles. The third-order valence-corrected chi connectivity index (χ3v) is 3.95. The van der Waals surface area contributed by atoms with Crippen molar-refractivity contribution in [3.05, 3.63) is 29.6 Å². The molecule has 0 bridgehead atoms. The number of aliphatic imine (C=N–C) groups is 1. The van der Waals surface area contributed by atoms with Gasteiger partial charge in [-0.05, 0) is 50.3 Å². The quantitative estimate of drug-likeness (QED) is 0.413. The molecule has 1 atom stereocenters. The van der Waals surface area contributed by atoms with Crippen LogP contribution in [0.4, 0.5) is 4.39 Å². The Bertz CT molecular complexity index is 547. The van der Waals surface area contributed by atoms with Crippen LogP contribution in [0.1, 0.15) is 38.3 Å². The highest BCUT2D eigenvalue weighted by molar-refractivity contribution is 5.80. The lowest BCUT2D eigenvalue weighted by Gasteiger charge is -2.19. The lowest BCUT2D eigenvalue weighted by Crippen LogP contribution is -2.40.